The van der Waals surface area contributed by atoms with Crippen molar-refractivity contribution < 1.29 is 9.59 Å². The normalized spacial score (nSPS) is 42.1. The Morgan fingerprint density at radius 1 is 1.29 bits per heavy atom. The first-order valence-electron chi connectivity index (χ1n) is 5.25. The molecule has 0 aromatic carbocycles. The summed E-state index contributed by atoms with van der Waals surface area (Å²) in [7, 11) is 1.60. The van der Waals surface area contributed by atoms with Gasteiger partial charge in [0.2, 0.25) is 11.8 Å². The molecule has 4 nitrogen and oxygen atoms in total. The fourth-order valence-corrected chi connectivity index (χ4v) is 2.83. The van der Waals surface area contributed by atoms with Crippen LogP contribution in [0.15, 0.2) is 0 Å². The standard InChI is InChI=1S/C10H14N2O2/c1-12-9(13)6-4-11-8(5-2-3-5)7(6)10(12)14/h5-8,11H,2-4H2,1H3/t6-,7-,8-/m1/s1. The summed E-state index contributed by atoms with van der Waals surface area (Å²) in [6, 6.07) is 0.279. The van der Waals surface area contributed by atoms with Crippen LogP contribution in [0.25, 0.3) is 0 Å². The van der Waals surface area contributed by atoms with Crippen LogP contribution in [0.2, 0.25) is 0 Å². The van der Waals surface area contributed by atoms with Gasteiger partial charge in [-0.05, 0) is 18.8 Å². The molecule has 0 aromatic rings. The lowest BCUT2D eigenvalue weighted by molar-refractivity contribution is -0.138. The zero-order valence-corrected chi connectivity index (χ0v) is 8.19. The second kappa shape index (κ2) is 2.57. The lowest BCUT2D eigenvalue weighted by Gasteiger charge is -2.16. The van der Waals surface area contributed by atoms with Crippen molar-refractivity contribution in [2.75, 3.05) is 13.6 Å². The third-order valence-electron chi connectivity index (χ3n) is 3.79. The smallest absolute Gasteiger partial charge is 0.234 e. The summed E-state index contributed by atoms with van der Waals surface area (Å²) in [5.41, 5.74) is 0. The van der Waals surface area contributed by atoms with E-state index in [-0.39, 0.29) is 29.7 Å². The number of hydrogen-bond acceptors (Lipinski definition) is 3. The number of carbonyl (C=O) groups is 2. The molecule has 2 aliphatic heterocycles. The molecule has 2 amide bonds. The summed E-state index contributed by atoms with van der Waals surface area (Å²) >= 11 is 0. The highest BCUT2D eigenvalue weighted by Crippen LogP contribution is 2.43. The zero-order valence-electron chi connectivity index (χ0n) is 8.19. The van der Waals surface area contributed by atoms with Gasteiger partial charge in [-0.15, -0.1) is 0 Å². The van der Waals surface area contributed by atoms with E-state index in [2.05, 4.69) is 5.32 Å². The van der Waals surface area contributed by atoms with E-state index in [9.17, 15) is 9.59 Å². The van der Waals surface area contributed by atoms with E-state index >= 15 is 0 Å². The minimum absolute atomic E-state index is 0.00986. The highest BCUT2D eigenvalue weighted by atomic mass is 16.2. The number of fused-ring (bicyclic) bond motifs is 1. The molecule has 4 heteroatoms. The summed E-state index contributed by atoms with van der Waals surface area (Å²) in [5.74, 6) is 0.559. The third-order valence-corrected chi connectivity index (χ3v) is 3.79. The van der Waals surface area contributed by atoms with Crippen LogP contribution < -0.4 is 5.32 Å². The second-order valence-corrected chi connectivity index (χ2v) is 4.64. The molecule has 0 spiro atoms. The van der Waals surface area contributed by atoms with Gasteiger partial charge in [-0.3, -0.25) is 14.5 Å². The molecule has 0 radical (unpaired) electrons. The van der Waals surface area contributed by atoms with Crippen LogP contribution in [0, 0.1) is 17.8 Å². The van der Waals surface area contributed by atoms with E-state index in [0.29, 0.717) is 12.5 Å². The predicted molar refractivity (Wildman–Crippen MR) is 49.3 cm³/mol. The van der Waals surface area contributed by atoms with E-state index in [4.69, 9.17) is 0 Å². The maximum Gasteiger partial charge on any atom is 0.234 e. The molecule has 1 saturated carbocycles. The number of amides is 2. The van der Waals surface area contributed by atoms with Crippen LogP contribution in [0.5, 0.6) is 0 Å². The Bertz CT molecular complexity index is 311. The molecule has 0 aromatic heterocycles. The molecular formula is C10H14N2O2. The van der Waals surface area contributed by atoms with Crippen molar-refractivity contribution in [3.05, 3.63) is 0 Å². The molecule has 1 N–H and O–H groups in total. The van der Waals surface area contributed by atoms with Gasteiger partial charge in [-0.1, -0.05) is 0 Å². The highest BCUT2D eigenvalue weighted by Gasteiger charge is 2.56. The van der Waals surface area contributed by atoms with Gasteiger partial charge in [-0.25, -0.2) is 0 Å². The lowest BCUT2D eigenvalue weighted by atomic mass is 9.91. The van der Waals surface area contributed by atoms with Crippen LogP contribution in [-0.4, -0.2) is 36.3 Å². The van der Waals surface area contributed by atoms with Gasteiger partial charge in [0.1, 0.15) is 0 Å². The molecule has 0 bridgehead atoms. The number of nitrogens with one attached hydrogen (secondary N) is 1. The topological polar surface area (TPSA) is 49.4 Å². The summed E-state index contributed by atoms with van der Waals surface area (Å²) in [5, 5.41) is 3.33. The molecule has 3 aliphatic rings. The van der Waals surface area contributed by atoms with Gasteiger partial charge in [0.05, 0.1) is 11.8 Å². The quantitative estimate of drug-likeness (QED) is 0.578. The Kier molecular flexibility index (Phi) is 1.54. The Labute approximate surface area is 82.6 Å². The Morgan fingerprint density at radius 3 is 2.64 bits per heavy atom. The Balaban J connectivity index is 1.90. The SMILES string of the molecule is CN1C(=O)[C@H]2[C@@H](C3CC3)NC[C@H]2C1=O. The molecule has 3 fully saturated rings. The van der Waals surface area contributed by atoms with Gasteiger partial charge in [0.15, 0.2) is 0 Å². The molecule has 2 saturated heterocycles. The largest absolute Gasteiger partial charge is 0.312 e. The van der Waals surface area contributed by atoms with Crippen molar-refractivity contribution in [3.63, 3.8) is 0 Å². The molecule has 14 heavy (non-hydrogen) atoms. The van der Waals surface area contributed by atoms with Gasteiger partial charge in [0, 0.05) is 19.6 Å². The molecule has 0 unspecified atom stereocenters. The van der Waals surface area contributed by atoms with Crippen LogP contribution in [0.4, 0.5) is 0 Å². The van der Waals surface area contributed by atoms with Crippen LogP contribution >= 0.6 is 0 Å². The maximum atomic E-state index is 11.8. The van der Waals surface area contributed by atoms with Crippen molar-refractivity contribution in [2.45, 2.75) is 18.9 Å². The fourth-order valence-electron chi connectivity index (χ4n) is 2.83. The molecule has 76 valence electrons. The molecule has 3 atom stereocenters. The van der Waals surface area contributed by atoms with Crippen LogP contribution in [0.3, 0.4) is 0 Å². The van der Waals surface area contributed by atoms with E-state index in [1.165, 1.54) is 17.7 Å². The van der Waals surface area contributed by atoms with Gasteiger partial charge in [-0.2, -0.15) is 0 Å². The lowest BCUT2D eigenvalue weighted by Crippen LogP contribution is -2.37. The number of likely N-dealkylation sites (tertiary alicyclic amines) is 1. The number of hydrogen-bond donors (Lipinski definition) is 1. The van der Waals surface area contributed by atoms with Gasteiger partial charge < -0.3 is 5.32 Å². The minimum Gasteiger partial charge on any atom is -0.312 e. The average molecular weight is 194 g/mol. The molecular weight excluding hydrogens is 180 g/mol. The van der Waals surface area contributed by atoms with Crippen molar-refractivity contribution >= 4 is 11.8 Å². The average Bonchev–Trinajstić information content (AvgIpc) is 2.90. The minimum atomic E-state index is -0.0712. The van der Waals surface area contributed by atoms with Gasteiger partial charge >= 0.3 is 0 Å². The molecule has 2 heterocycles. The number of imide groups is 1. The monoisotopic (exact) mass is 194 g/mol. The maximum absolute atomic E-state index is 11.8. The zero-order chi connectivity index (χ0) is 9.87. The third kappa shape index (κ3) is 0.919. The van der Waals surface area contributed by atoms with Crippen molar-refractivity contribution in [1.29, 1.82) is 0 Å². The predicted octanol–water partition coefficient (Wildman–Crippen LogP) is -0.401. The van der Waals surface area contributed by atoms with Crippen molar-refractivity contribution in [3.8, 4) is 0 Å². The van der Waals surface area contributed by atoms with Crippen LogP contribution in [-0.2, 0) is 9.59 Å². The Morgan fingerprint density at radius 2 is 2.00 bits per heavy atom. The summed E-state index contributed by atoms with van der Waals surface area (Å²) in [6.45, 7) is 0.695. The first kappa shape index (κ1) is 8.41. The van der Waals surface area contributed by atoms with E-state index in [1.54, 1.807) is 7.05 Å². The van der Waals surface area contributed by atoms with Gasteiger partial charge in [0.25, 0.3) is 0 Å². The fraction of sp³-hybridized carbons (Fsp3) is 0.800. The number of carbonyl (C=O) groups excluding carboxylic acids is 2. The first-order valence-corrected chi connectivity index (χ1v) is 5.25. The molecule has 3 rings (SSSR count). The molecule has 1 aliphatic carbocycles. The highest BCUT2D eigenvalue weighted by molar-refractivity contribution is 6.05. The van der Waals surface area contributed by atoms with E-state index < -0.39 is 0 Å². The Hall–Kier alpha value is -0.900. The summed E-state index contributed by atoms with van der Waals surface area (Å²) in [4.78, 5) is 24.8. The second-order valence-electron chi connectivity index (χ2n) is 4.64. The van der Waals surface area contributed by atoms with Crippen molar-refractivity contribution in [1.82, 2.24) is 10.2 Å². The van der Waals surface area contributed by atoms with Crippen molar-refractivity contribution in [2.24, 2.45) is 17.8 Å². The van der Waals surface area contributed by atoms with Crippen LogP contribution in [0.1, 0.15) is 12.8 Å². The first-order chi connectivity index (χ1) is 6.70. The summed E-state index contributed by atoms with van der Waals surface area (Å²) in [6.07, 6.45) is 2.43. The van der Waals surface area contributed by atoms with E-state index in [1.807, 2.05) is 0 Å². The van der Waals surface area contributed by atoms with E-state index in [0.717, 1.165) is 0 Å². The summed E-state index contributed by atoms with van der Waals surface area (Å²) < 4.78 is 0. The number of rotatable bonds is 1. The number of nitrogens with zero attached hydrogens (tertiary/aromatic N) is 1.